The van der Waals surface area contributed by atoms with E-state index in [2.05, 4.69) is 0 Å². The zero-order chi connectivity index (χ0) is 10.1. The molecule has 1 atom stereocenters. The lowest BCUT2D eigenvalue weighted by Crippen LogP contribution is -2.55. The van der Waals surface area contributed by atoms with Crippen molar-refractivity contribution in [1.82, 2.24) is 4.90 Å². The molecule has 1 aromatic heterocycles. The van der Waals surface area contributed by atoms with Crippen molar-refractivity contribution in [2.24, 2.45) is 5.73 Å². The lowest BCUT2D eigenvalue weighted by Gasteiger charge is -2.37. The van der Waals surface area contributed by atoms with Crippen LogP contribution in [-0.2, 0) is 4.79 Å². The molecule has 1 saturated heterocycles. The number of hydrogen-bond acceptors (Lipinski definition) is 4. The van der Waals surface area contributed by atoms with Gasteiger partial charge in [-0.15, -0.1) is 11.3 Å². The van der Waals surface area contributed by atoms with Crippen LogP contribution < -0.4 is 5.73 Å². The van der Waals surface area contributed by atoms with Crippen LogP contribution in [0, 0.1) is 0 Å². The van der Waals surface area contributed by atoms with Crippen molar-refractivity contribution in [3.8, 4) is 0 Å². The summed E-state index contributed by atoms with van der Waals surface area (Å²) >= 11 is 1.48. The van der Waals surface area contributed by atoms with E-state index >= 15 is 0 Å². The van der Waals surface area contributed by atoms with Crippen LogP contribution in [0.3, 0.4) is 0 Å². The Kier molecular flexibility index (Phi) is 2.54. The van der Waals surface area contributed by atoms with Gasteiger partial charge in [-0.25, -0.2) is 0 Å². The van der Waals surface area contributed by atoms with Gasteiger partial charge in [-0.2, -0.15) is 0 Å². The summed E-state index contributed by atoms with van der Waals surface area (Å²) in [7, 11) is 0. The Morgan fingerprint density at radius 1 is 1.71 bits per heavy atom. The van der Waals surface area contributed by atoms with Crippen molar-refractivity contribution >= 4 is 17.2 Å². The molecular weight excluding hydrogens is 200 g/mol. The van der Waals surface area contributed by atoms with E-state index in [9.17, 15) is 4.79 Å². The van der Waals surface area contributed by atoms with E-state index < -0.39 is 6.04 Å². The average molecular weight is 212 g/mol. The number of β-amino-alcohol motifs (C(OH)–C–C–N with tert-alkyl or cyclic N) is 1. The number of nitrogens with zero attached hydrogens (tertiary/aromatic N) is 1. The molecule has 0 spiro atoms. The predicted molar refractivity (Wildman–Crippen MR) is 53.8 cm³/mol. The predicted octanol–water partition coefficient (Wildman–Crippen LogP) is -0.0490. The summed E-state index contributed by atoms with van der Waals surface area (Å²) in [5, 5.41) is 10.9. The van der Waals surface area contributed by atoms with E-state index in [1.54, 1.807) is 4.90 Å². The van der Waals surface area contributed by atoms with Crippen molar-refractivity contribution in [2.75, 3.05) is 13.1 Å². The summed E-state index contributed by atoms with van der Waals surface area (Å²) in [5.74, 6) is -0.0993. The average Bonchev–Trinajstić information content (AvgIpc) is 2.63. The Morgan fingerprint density at radius 2 is 2.43 bits per heavy atom. The molecule has 1 unspecified atom stereocenters. The number of aliphatic hydroxyl groups excluding tert-OH is 1. The molecule has 2 heterocycles. The fourth-order valence-corrected chi connectivity index (χ4v) is 2.14. The maximum atomic E-state index is 11.7. The topological polar surface area (TPSA) is 66.6 Å². The molecule has 0 aliphatic carbocycles. The zero-order valence-corrected chi connectivity index (χ0v) is 8.41. The van der Waals surface area contributed by atoms with Crippen molar-refractivity contribution in [2.45, 2.75) is 12.1 Å². The van der Waals surface area contributed by atoms with Crippen molar-refractivity contribution in [1.29, 1.82) is 0 Å². The summed E-state index contributed by atoms with van der Waals surface area (Å²) in [6.45, 7) is 0.829. The first-order valence-corrected chi connectivity index (χ1v) is 5.32. The molecule has 1 fully saturated rings. The third-order valence-corrected chi connectivity index (χ3v) is 3.25. The second kappa shape index (κ2) is 3.68. The SMILES string of the molecule is NC(C(=O)N1CC(O)C1)c1cccs1. The standard InChI is InChI=1S/C9H12N2O2S/c10-8(7-2-1-3-14-7)9(13)11-4-6(12)5-11/h1-3,6,8,12H,4-5,10H2. The highest BCUT2D eigenvalue weighted by Crippen LogP contribution is 2.21. The number of hydrogen-bond donors (Lipinski definition) is 2. The van der Waals surface area contributed by atoms with Gasteiger partial charge in [0.05, 0.1) is 6.10 Å². The van der Waals surface area contributed by atoms with Crippen LogP contribution >= 0.6 is 11.3 Å². The molecule has 1 aliphatic rings. The van der Waals surface area contributed by atoms with E-state index in [0.717, 1.165) is 4.88 Å². The van der Waals surface area contributed by atoms with Crippen LogP contribution in [-0.4, -0.2) is 35.1 Å². The number of nitrogens with two attached hydrogens (primary N) is 1. The molecule has 0 saturated carbocycles. The number of carbonyl (C=O) groups is 1. The Bertz CT molecular complexity index is 320. The number of aliphatic hydroxyl groups is 1. The molecule has 3 N–H and O–H groups in total. The van der Waals surface area contributed by atoms with E-state index in [4.69, 9.17) is 10.8 Å². The van der Waals surface area contributed by atoms with Gasteiger partial charge >= 0.3 is 0 Å². The van der Waals surface area contributed by atoms with Crippen LogP contribution in [0.15, 0.2) is 17.5 Å². The second-order valence-corrected chi connectivity index (χ2v) is 4.37. The number of carbonyl (C=O) groups excluding carboxylic acids is 1. The molecule has 0 aromatic carbocycles. The molecule has 1 aromatic rings. The first-order chi connectivity index (χ1) is 6.68. The minimum atomic E-state index is -0.567. The van der Waals surface area contributed by atoms with E-state index in [-0.39, 0.29) is 12.0 Å². The molecule has 76 valence electrons. The van der Waals surface area contributed by atoms with Gasteiger partial charge < -0.3 is 15.7 Å². The van der Waals surface area contributed by atoms with Crippen molar-refractivity contribution in [3.05, 3.63) is 22.4 Å². The first-order valence-electron chi connectivity index (χ1n) is 4.44. The fraction of sp³-hybridized carbons (Fsp3) is 0.444. The van der Waals surface area contributed by atoms with Gasteiger partial charge in [0.2, 0.25) is 5.91 Å². The number of thiophene rings is 1. The third kappa shape index (κ3) is 1.66. The van der Waals surface area contributed by atoms with Crippen LogP contribution in [0.2, 0.25) is 0 Å². The lowest BCUT2D eigenvalue weighted by molar-refractivity contribution is -0.142. The van der Waals surface area contributed by atoms with Gasteiger partial charge in [0, 0.05) is 18.0 Å². The van der Waals surface area contributed by atoms with Crippen LogP contribution in [0.1, 0.15) is 10.9 Å². The van der Waals surface area contributed by atoms with E-state index in [1.807, 2.05) is 17.5 Å². The third-order valence-electron chi connectivity index (χ3n) is 2.29. The van der Waals surface area contributed by atoms with Crippen LogP contribution in [0.5, 0.6) is 0 Å². The van der Waals surface area contributed by atoms with Crippen molar-refractivity contribution < 1.29 is 9.90 Å². The summed E-state index contributed by atoms with van der Waals surface area (Å²) < 4.78 is 0. The number of amides is 1. The van der Waals surface area contributed by atoms with Gasteiger partial charge in [-0.1, -0.05) is 6.07 Å². The summed E-state index contributed by atoms with van der Waals surface area (Å²) in [6, 6.07) is 3.16. The first kappa shape index (κ1) is 9.64. The van der Waals surface area contributed by atoms with Gasteiger partial charge in [0.25, 0.3) is 0 Å². The highest BCUT2D eigenvalue weighted by molar-refractivity contribution is 7.10. The van der Waals surface area contributed by atoms with Gasteiger partial charge in [0.1, 0.15) is 6.04 Å². The molecular formula is C9H12N2O2S. The fourth-order valence-electron chi connectivity index (χ4n) is 1.42. The Balaban J connectivity index is 1.99. The minimum absolute atomic E-state index is 0.0993. The maximum absolute atomic E-state index is 11.7. The molecule has 2 rings (SSSR count). The van der Waals surface area contributed by atoms with Crippen LogP contribution in [0.4, 0.5) is 0 Å². The van der Waals surface area contributed by atoms with Gasteiger partial charge in [-0.05, 0) is 11.4 Å². The highest BCUT2D eigenvalue weighted by Gasteiger charge is 2.32. The van der Waals surface area contributed by atoms with E-state index in [0.29, 0.717) is 13.1 Å². The summed E-state index contributed by atoms with van der Waals surface area (Å²) in [4.78, 5) is 14.1. The zero-order valence-electron chi connectivity index (χ0n) is 7.59. The maximum Gasteiger partial charge on any atom is 0.245 e. The quantitative estimate of drug-likeness (QED) is 0.722. The monoisotopic (exact) mass is 212 g/mol. The van der Waals surface area contributed by atoms with Gasteiger partial charge in [-0.3, -0.25) is 4.79 Å². The van der Waals surface area contributed by atoms with Gasteiger partial charge in [0.15, 0.2) is 0 Å². The molecule has 1 amide bonds. The Morgan fingerprint density at radius 3 is 2.93 bits per heavy atom. The van der Waals surface area contributed by atoms with Crippen molar-refractivity contribution in [3.63, 3.8) is 0 Å². The highest BCUT2D eigenvalue weighted by atomic mass is 32.1. The number of rotatable bonds is 2. The summed E-state index contributed by atoms with van der Waals surface area (Å²) in [5.41, 5.74) is 5.78. The molecule has 14 heavy (non-hydrogen) atoms. The smallest absolute Gasteiger partial charge is 0.245 e. The molecule has 5 heteroatoms. The second-order valence-electron chi connectivity index (χ2n) is 3.39. The number of likely N-dealkylation sites (tertiary alicyclic amines) is 1. The molecule has 0 bridgehead atoms. The largest absolute Gasteiger partial charge is 0.389 e. The Labute approximate surface area is 85.9 Å². The summed E-state index contributed by atoms with van der Waals surface area (Å²) in [6.07, 6.45) is -0.366. The molecule has 4 nitrogen and oxygen atoms in total. The normalized spacial score (nSPS) is 19.1. The lowest BCUT2D eigenvalue weighted by atomic mass is 10.1. The van der Waals surface area contributed by atoms with E-state index in [1.165, 1.54) is 11.3 Å². The van der Waals surface area contributed by atoms with Crippen LogP contribution in [0.25, 0.3) is 0 Å². The Hall–Kier alpha value is -0.910. The minimum Gasteiger partial charge on any atom is -0.389 e. The molecule has 1 aliphatic heterocycles. The molecule has 0 radical (unpaired) electrons.